The predicted octanol–water partition coefficient (Wildman–Crippen LogP) is 3.20. The van der Waals surface area contributed by atoms with Crippen LogP contribution in [0.2, 0.25) is 0 Å². The number of hydrogen-bond acceptors (Lipinski definition) is 3. The molecule has 0 aliphatic rings. The lowest BCUT2D eigenvalue weighted by atomic mass is 10.1. The number of nitrogens with zero attached hydrogens (tertiary/aromatic N) is 1. The van der Waals surface area contributed by atoms with Crippen LogP contribution in [0, 0.1) is 6.92 Å². The highest BCUT2D eigenvalue weighted by Crippen LogP contribution is 2.22. The molecule has 0 unspecified atom stereocenters. The van der Waals surface area contributed by atoms with Crippen LogP contribution in [0.15, 0.2) is 42.5 Å². The molecule has 88 valence electrons. The Morgan fingerprint density at radius 2 is 1.82 bits per heavy atom. The van der Waals surface area contributed by atoms with Crippen LogP contribution < -0.4 is 10.5 Å². The summed E-state index contributed by atoms with van der Waals surface area (Å²) in [6.45, 7) is 3.89. The third kappa shape index (κ3) is 2.82. The average molecular weight is 228 g/mol. The van der Waals surface area contributed by atoms with Gasteiger partial charge in [0.2, 0.25) is 5.88 Å². The van der Waals surface area contributed by atoms with Gasteiger partial charge in [-0.3, -0.25) is 0 Å². The molecular formula is C14H16N2O. The fourth-order valence-corrected chi connectivity index (χ4v) is 1.70. The van der Waals surface area contributed by atoms with Gasteiger partial charge < -0.3 is 10.5 Å². The van der Waals surface area contributed by atoms with Crippen molar-refractivity contribution in [3.63, 3.8) is 0 Å². The second-order valence-corrected chi connectivity index (χ2v) is 4.03. The zero-order chi connectivity index (χ0) is 12.3. The molecular weight excluding hydrogens is 212 g/mol. The minimum absolute atomic E-state index is 0.00623. The van der Waals surface area contributed by atoms with Crippen LogP contribution in [-0.4, -0.2) is 4.98 Å². The Hall–Kier alpha value is -1.87. The summed E-state index contributed by atoms with van der Waals surface area (Å²) in [7, 11) is 0. The SMILES string of the molecule is Cc1nc(Oc2ccccc2)ccc1[C@H](C)N. The van der Waals surface area contributed by atoms with Gasteiger partial charge in [-0.15, -0.1) is 0 Å². The van der Waals surface area contributed by atoms with E-state index in [1.165, 1.54) is 0 Å². The van der Waals surface area contributed by atoms with Crippen LogP contribution in [0.3, 0.4) is 0 Å². The van der Waals surface area contributed by atoms with Crippen LogP contribution in [0.4, 0.5) is 0 Å². The van der Waals surface area contributed by atoms with Gasteiger partial charge in [-0.25, -0.2) is 4.98 Å². The number of benzene rings is 1. The predicted molar refractivity (Wildman–Crippen MR) is 68.1 cm³/mol. The van der Waals surface area contributed by atoms with Crippen LogP contribution in [-0.2, 0) is 0 Å². The molecule has 0 spiro atoms. The molecule has 0 aliphatic carbocycles. The van der Waals surface area contributed by atoms with Crippen molar-refractivity contribution in [1.29, 1.82) is 0 Å². The Labute approximate surface area is 101 Å². The lowest BCUT2D eigenvalue weighted by Crippen LogP contribution is -2.08. The maximum Gasteiger partial charge on any atom is 0.219 e. The molecule has 0 fully saturated rings. The largest absolute Gasteiger partial charge is 0.439 e. The number of ether oxygens (including phenoxy) is 1. The minimum Gasteiger partial charge on any atom is -0.439 e. The quantitative estimate of drug-likeness (QED) is 0.877. The van der Waals surface area contributed by atoms with Crippen LogP contribution >= 0.6 is 0 Å². The summed E-state index contributed by atoms with van der Waals surface area (Å²) in [4.78, 5) is 4.39. The lowest BCUT2D eigenvalue weighted by Gasteiger charge is -2.11. The Bertz CT molecular complexity index is 495. The molecule has 0 radical (unpaired) electrons. The standard InChI is InChI=1S/C14H16N2O/c1-10(15)13-8-9-14(16-11(13)2)17-12-6-4-3-5-7-12/h3-10H,15H2,1-2H3/t10-/m0/s1. The molecule has 17 heavy (non-hydrogen) atoms. The molecule has 1 atom stereocenters. The maximum absolute atomic E-state index is 5.84. The molecule has 2 aromatic rings. The number of aromatic nitrogens is 1. The second-order valence-electron chi connectivity index (χ2n) is 4.03. The van der Waals surface area contributed by atoms with Gasteiger partial charge in [0, 0.05) is 17.8 Å². The van der Waals surface area contributed by atoms with Crippen molar-refractivity contribution in [2.24, 2.45) is 5.73 Å². The summed E-state index contributed by atoms with van der Waals surface area (Å²) in [5.74, 6) is 1.38. The monoisotopic (exact) mass is 228 g/mol. The van der Waals surface area contributed by atoms with E-state index in [9.17, 15) is 0 Å². The maximum atomic E-state index is 5.84. The van der Waals surface area contributed by atoms with Crippen molar-refractivity contribution in [2.75, 3.05) is 0 Å². The fourth-order valence-electron chi connectivity index (χ4n) is 1.70. The number of nitrogens with two attached hydrogens (primary N) is 1. The normalized spacial score (nSPS) is 12.2. The summed E-state index contributed by atoms with van der Waals surface area (Å²) in [6.07, 6.45) is 0. The highest BCUT2D eigenvalue weighted by atomic mass is 16.5. The van der Waals surface area contributed by atoms with Crippen LogP contribution in [0.5, 0.6) is 11.6 Å². The molecule has 3 nitrogen and oxygen atoms in total. The Morgan fingerprint density at radius 3 is 2.41 bits per heavy atom. The summed E-state index contributed by atoms with van der Waals surface area (Å²) in [5, 5.41) is 0. The fraction of sp³-hybridized carbons (Fsp3) is 0.214. The molecule has 0 saturated carbocycles. The van der Waals surface area contributed by atoms with Gasteiger partial charge in [0.1, 0.15) is 5.75 Å². The number of aryl methyl sites for hydroxylation is 1. The number of para-hydroxylation sites is 1. The first-order valence-electron chi connectivity index (χ1n) is 5.63. The van der Waals surface area contributed by atoms with E-state index in [4.69, 9.17) is 10.5 Å². The number of rotatable bonds is 3. The topological polar surface area (TPSA) is 48.1 Å². The Kier molecular flexibility index (Phi) is 3.40. The van der Waals surface area contributed by atoms with Gasteiger partial charge in [-0.2, -0.15) is 0 Å². The first-order chi connectivity index (χ1) is 8.16. The summed E-state index contributed by atoms with van der Waals surface area (Å²) < 4.78 is 5.64. The molecule has 0 amide bonds. The molecule has 2 N–H and O–H groups in total. The highest BCUT2D eigenvalue weighted by Gasteiger charge is 2.06. The average Bonchev–Trinajstić information content (AvgIpc) is 2.30. The Morgan fingerprint density at radius 1 is 1.12 bits per heavy atom. The van der Waals surface area contributed by atoms with Crippen molar-refractivity contribution in [1.82, 2.24) is 4.98 Å². The summed E-state index contributed by atoms with van der Waals surface area (Å²) in [5.41, 5.74) is 7.79. The number of pyridine rings is 1. The van der Waals surface area contributed by atoms with Gasteiger partial charge in [-0.1, -0.05) is 24.3 Å². The smallest absolute Gasteiger partial charge is 0.219 e. The van der Waals surface area contributed by atoms with Gasteiger partial charge in [0.15, 0.2) is 0 Å². The lowest BCUT2D eigenvalue weighted by molar-refractivity contribution is 0.461. The minimum atomic E-state index is -0.00623. The van der Waals surface area contributed by atoms with E-state index in [-0.39, 0.29) is 6.04 Å². The van der Waals surface area contributed by atoms with Gasteiger partial charge in [-0.05, 0) is 31.5 Å². The molecule has 1 heterocycles. The van der Waals surface area contributed by atoms with E-state index >= 15 is 0 Å². The van der Waals surface area contributed by atoms with Crippen molar-refractivity contribution < 1.29 is 4.74 Å². The van der Waals surface area contributed by atoms with E-state index in [0.29, 0.717) is 5.88 Å². The zero-order valence-corrected chi connectivity index (χ0v) is 10.1. The summed E-state index contributed by atoms with van der Waals surface area (Å²) >= 11 is 0. The van der Waals surface area contributed by atoms with Crippen LogP contribution in [0.25, 0.3) is 0 Å². The highest BCUT2D eigenvalue weighted by molar-refractivity contribution is 5.31. The molecule has 2 rings (SSSR count). The molecule has 0 aliphatic heterocycles. The van der Waals surface area contributed by atoms with Crippen molar-refractivity contribution >= 4 is 0 Å². The molecule has 0 saturated heterocycles. The van der Waals surface area contributed by atoms with Gasteiger partial charge >= 0.3 is 0 Å². The molecule has 1 aromatic heterocycles. The van der Waals surface area contributed by atoms with Crippen molar-refractivity contribution in [3.05, 3.63) is 53.7 Å². The Balaban J connectivity index is 2.21. The molecule has 1 aromatic carbocycles. The third-order valence-electron chi connectivity index (χ3n) is 2.56. The van der Waals surface area contributed by atoms with E-state index in [1.807, 2.05) is 56.3 Å². The van der Waals surface area contributed by atoms with E-state index in [2.05, 4.69) is 4.98 Å². The molecule has 0 bridgehead atoms. The third-order valence-corrected chi connectivity index (χ3v) is 2.56. The number of hydrogen-bond donors (Lipinski definition) is 1. The van der Waals surface area contributed by atoms with Crippen LogP contribution in [0.1, 0.15) is 24.2 Å². The van der Waals surface area contributed by atoms with E-state index < -0.39 is 0 Å². The summed E-state index contributed by atoms with van der Waals surface area (Å²) in [6, 6.07) is 13.4. The first-order valence-corrected chi connectivity index (χ1v) is 5.63. The second kappa shape index (κ2) is 4.97. The van der Waals surface area contributed by atoms with Gasteiger partial charge in [0.05, 0.1) is 0 Å². The molecule has 3 heteroatoms. The van der Waals surface area contributed by atoms with Crippen molar-refractivity contribution in [2.45, 2.75) is 19.9 Å². The first kappa shape index (κ1) is 11.6. The van der Waals surface area contributed by atoms with Crippen molar-refractivity contribution in [3.8, 4) is 11.6 Å². The van der Waals surface area contributed by atoms with E-state index in [0.717, 1.165) is 17.0 Å². The van der Waals surface area contributed by atoms with Gasteiger partial charge in [0.25, 0.3) is 0 Å². The van der Waals surface area contributed by atoms with E-state index in [1.54, 1.807) is 0 Å². The zero-order valence-electron chi connectivity index (χ0n) is 10.1.